The van der Waals surface area contributed by atoms with Crippen molar-refractivity contribution in [2.75, 3.05) is 11.9 Å². The molecule has 6 nitrogen and oxygen atoms in total. The van der Waals surface area contributed by atoms with E-state index in [4.69, 9.17) is 10.7 Å². The molecule has 0 radical (unpaired) electrons. The molecule has 144 valence electrons. The van der Waals surface area contributed by atoms with Crippen molar-refractivity contribution >= 4 is 52.2 Å². The Morgan fingerprint density at radius 3 is 2.58 bits per heavy atom. The van der Waals surface area contributed by atoms with Crippen molar-refractivity contribution in [2.24, 2.45) is 5.73 Å². The van der Waals surface area contributed by atoms with Gasteiger partial charge in [0.05, 0.1) is 11.1 Å². The summed E-state index contributed by atoms with van der Waals surface area (Å²) in [4.78, 5) is 11.7. The van der Waals surface area contributed by atoms with Crippen molar-refractivity contribution in [3.63, 3.8) is 0 Å². The summed E-state index contributed by atoms with van der Waals surface area (Å²) in [6.07, 6.45) is 1.53. The molecule has 0 fully saturated rings. The van der Waals surface area contributed by atoms with Crippen molar-refractivity contribution in [3.8, 4) is 0 Å². The molecule has 0 aliphatic heterocycles. The van der Waals surface area contributed by atoms with Crippen molar-refractivity contribution in [1.29, 1.82) is 0 Å². The van der Waals surface area contributed by atoms with Crippen molar-refractivity contribution in [1.82, 2.24) is 20.2 Å². The standard InChI is InChI=1S/C17H24N6S.2ClH/c1-9(7-13-8-10(2)22-23-13)19-16-15-11(3)12(4)24-17(15)21-14(20-16)5-6-18;;/h8-9H,5-7,18H2,1-4H3,(H,22,23)(H,19,20,21);2*1H. The second-order valence-corrected chi connectivity index (χ2v) is 7.49. The first-order chi connectivity index (χ1) is 11.5. The van der Waals surface area contributed by atoms with Crippen LogP contribution in [0.1, 0.15) is 34.6 Å². The predicted octanol–water partition coefficient (Wildman–Crippen LogP) is 3.73. The Morgan fingerprint density at radius 1 is 1.23 bits per heavy atom. The Labute approximate surface area is 170 Å². The molecular formula is C17H26Cl2N6S. The Balaban J connectivity index is 0.00000169. The summed E-state index contributed by atoms with van der Waals surface area (Å²) in [5, 5.41) is 12.0. The smallest absolute Gasteiger partial charge is 0.139 e. The Bertz CT molecular complexity index is 860. The van der Waals surface area contributed by atoms with Gasteiger partial charge in [0.25, 0.3) is 0 Å². The van der Waals surface area contributed by atoms with Crippen LogP contribution >= 0.6 is 36.2 Å². The number of aryl methyl sites for hydroxylation is 3. The third kappa shape index (κ3) is 4.85. The largest absolute Gasteiger partial charge is 0.367 e. The fourth-order valence-electron chi connectivity index (χ4n) is 2.82. The van der Waals surface area contributed by atoms with E-state index in [2.05, 4.69) is 47.3 Å². The highest BCUT2D eigenvalue weighted by atomic mass is 35.5. The molecule has 0 saturated carbocycles. The van der Waals surface area contributed by atoms with Crippen molar-refractivity contribution < 1.29 is 0 Å². The number of nitrogens with one attached hydrogen (secondary N) is 2. The first-order valence-electron chi connectivity index (χ1n) is 8.22. The molecule has 0 amide bonds. The number of H-pyrrole nitrogens is 1. The third-order valence-corrected chi connectivity index (χ3v) is 5.20. The average Bonchev–Trinajstić information content (AvgIpc) is 3.03. The molecule has 0 spiro atoms. The lowest BCUT2D eigenvalue weighted by Gasteiger charge is -2.15. The van der Waals surface area contributed by atoms with Gasteiger partial charge in [-0.3, -0.25) is 5.10 Å². The molecule has 0 bridgehead atoms. The quantitative estimate of drug-likeness (QED) is 0.568. The molecular weight excluding hydrogens is 391 g/mol. The van der Waals surface area contributed by atoms with E-state index in [0.717, 1.165) is 39.7 Å². The van der Waals surface area contributed by atoms with Gasteiger partial charge in [-0.25, -0.2) is 9.97 Å². The van der Waals surface area contributed by atoms with E-state index in [0.29, 0.717) is 13.0 Å². The van der Waals surface area contributed by atoms with Crippen LogP contribution in [-0.4, -0.2) is 32.8 Å². The molecule has 1 unspecified atom stereocenters. The van der Waals surface area contributed by atoms with Gasteiger partial charge < -0.3 is 11.1 Å². The maximum absolute atomic E-state index is 5.69. The highest BCUT2D eigenvalue weighted by molar-refractivity contribution is 7.18. The van der Waals surface area contributed by atoms with Gasteiger partial charge in [0.15, 0.2) is 0 Å². The van der Waals surface area contributed by atoms with E-state index >= 15 is 0 Å². The molecule has 4 N–H and O–H groups in total. The maximum Gasteiger partial charge on any atom is 0.139 e. The number of fused-ring (bicyclic) bond motifs is 1. The SMILES string of the molecule is Cc1cc(CC(C)Nc2nc(CCN)nc3sc(C)c(C)c23)n[nH]1.Cl.Cl. The van der Waals surface area contributed by atoms with Crippen LogP contribution in [0.15, 0.2) is 6.07 Å². The van der Waals surface area contributed by atoms with Crippen LogP contribution in [0, 0.1) is 20.8 Å². The van der Waals surface area contributed by atoms with E-state index < -0.39 is 0 Å². The van der Waals surface area contributed by atoms with Gasteiger partial charge in [-0.15, -0.1) is 36.2 Å². The molecule has 1 atom stereocenters. The molecule has 3 rings (SSSR count). The zero-order valence-electron chi connectivity index (χ0n) is 15.4. The molecule has 0 saturated heterocycles. The number of thiophene rings is 1. The van der Waals surface area contributed by atoms with Crippen LogP contribution in [-0.2, 0) is 12.8 Å². The monoisotopic (exact) mass is 416 g/mol. The number of aromatic amines is 1. The lowest BCUT2D eigenvalue weighted by molar-refractivity contribution is 0.758. The predicted molar refractivity (Wildman–Crippen MR) is 114 cm³/mol. The van der Waals surface area contributed by atoms with Gasteiger partial charge in [0.1, 0.15) is 16.5 Å². The summed E-state index contributed by atoms with van der Waals surface area (Å²) in [6.45, 7) is 8.97. The minimum absolute atomic E-state index is 0. The van der Waals surface area contributed by atoms with E-state index in [-0.39, 0.29) is 30.9 Å². The highest BCUT2D eigenvalue weighted by Crippen LogP contribution is 2.33. The van der Waals surface area contributed by atoms with Gasteiger partial charge in [-0.2, -0.15) is 5.10 Å². The molecule has 0 aromatic carbocycles. The topological polar surface area (TPSA) is 92.5 Å². The summed E-state index contributed by atoms with van der Waals surface area (Å²) < 4.78 is 0. The third-order valence-electron chi connectivity index (χ3n) is 4.10. The zero-order valence-corrected chi connectivity index (χ0v) is 17.9. The molecule has 0 aliphatic rings. The van der Waals surface area contributed by atoms with Crippen LogP contribution in [0.3, 0.4) is 0 Å². The lowest BCUT2D eigenvalue weighted by atomic mass is 10.1. The fourth-order valence-corrected chi connectivity index (χ4v) is 3.86. The minimum Gasteiger partial charge on any atom is -0.367 e. The molecule has 0 aliphatic carbocycles. The number of aromatic nitrogens is 4. The Hall–Kier alpha value is -1.41. The minimum atomic E-state index is 0. The Morgan fingerprint density at radius 2 is 1.96 bits per heavy atom. The second kappa shape index (κ2) is 9.50. The summed E-state index contributed by atoms with van der Waals surface area (Å²) in [5.74, 6) is 1.71. The molecule has 3 heterocycles. The lowest BCUT2D eigenvalue weighted by Crippen LogP contribution is -2.20. The van der Waals surface area contributed by atoms with Crippen molar-refractivity contribution in [2.45, 2.75) is 46.6 Å². The second-order valence-electron chi connectivity index (χ2n) is 6.28. The number of anilines is 1. The van der Waals surface area contributed by atoms with Crippen LogP contribution in [0.25, 0.3) is 10.2 Å². The van der Waals surface area contributed by atoms with Crippen LogP contribution in [0.4, 0.5) is 5.82 Å². The maximum atomic E-state index is 5.69. The first-order valence-corrected chi connectivity index (χ1v) is 9.03. The molecule has 3 aromatic rings. The zero-order chi connectivity index (χ0) is 17.3. The van der Waals surface area contributed by atoms with E-state index in [1.54, 1.807) is 11.3 Å². The fraction of sp³-hybridized carbons (Fsp3) is 0.471. The van der Waals surface area contributed by atoms with Crippen LogP contribution in [0.2, 0.25) is 0 Å². The Kier molecular flexibility index (Phi) is 8.27. The van der Waals surface area contributed by atoms with Gasteiger partial charge in [0.2, 0.25) is 0 Å². The van der Waals surface area contributed by atoms with E-state index in [1.807, 2.05) is 6.92 Å². The normalized spacial score (nSPS) is 11.7. The first kappa shape index (κ1) is 22.6. The number of nitrogens with zero attached hydrogens (tertiary/aromatic N) is 3. The van der Waals surface area contributed by atoms with Crippen molar-refractivity contribution in [3.05, 3.63) is 33.7 Å². The molecule has 9 heteroatoms. The summed E-state index contributed by atoms with van der Waals surface area (Å²) in [5.41, 5.74) is 9.07. The van der Waals surface area contributed by atoms with Gasteiger partial charge in [0, 0.05) is 29.5 Å². The van der Waals surface area contributed by atoms with Gasteiger partial charge in [-0.1, -0.05) is 0 Å². The summed E-state index contributed by atoms with van der Waals surface area (Å²) >= 11 is 1.72. The van der Waals surface area contributed by atoms with Gasteiger partial charge in [-0.05, 0) is 45.9 Å². The van der Waals surface area contributed by atoms with Crippen LogP contribution in [0.5, 0.6) is 0 Å². The van der Waals surface area contributed by atoms with Crippen LogP contribution < -0.4 is 11.1 Å². The molecule has 26 heavy (non-hydrogen) atoms. The van der Waals surface area contributed by atoms with E-state index in [1.165, 1.54) is 10.4 Å². The summed E-state index contributed by atoms with van der Waals surface area (Å²) in [6, 6.07) is 2.30. The number of nitrogens with two attached hydrogens (primary N) is 1. The van der Waals surface area contributed by atoms with Gasteiger partial charge >= 0.3 is 0 Å². The average molecular weight is 417 g/mol. The van der Waals surface area contributed by atoms with E-state index in [9.17, 15) is 0 Å². The number of rotatable bonds is 6. The number of hydrogen-bond donors (Lipinski definition) is 3. The number of halogens is 2. The number of hydrogen-bond acceptors (Lipinski definition) is 6. The molecule has 3 aromatic heterocycles. The highest BCUT2D eigenvalue weighted by Gasteiger charge is 2.16. The summed E-state index contributed by atoms with van der Waals surface area (Å²) in [7, 11) is 0.